The zero-order valence-corrected chi connectivity index (χ0v) is 13.5. The average Bonchev–Trinajstić information content (AvgIpc) is 2.42. The Morgan fingerprint density at radius 2 is 1.89 bits per heavy atom. The SMILES string of the molecule is CCC(NCC(O)(CC)CC)c1cc(Br)ccc1O. The minimum Gasteiger partial charge on any atom is -0.508 e. The van der Waals surface area contributed by atoms with Gasteiger partial charge in [-0.05, 0) is 37.5 Å². The number of nitrogens with one attached hydrogen (secondary N) is 1. The Bertz CT molecular complexity index is 405. The van der Waals surface area contributed by atoms with Crippen molar-refractivity contribution in [3.63, 3.8) is 0 Å². The zero-order chi connectivity index (χ0) is 14.5. The second-order valence-electron chi connectivity index (χ2n) is 4.98. The Morgan fingerprint density at radius 3 is 2.42 bits per heavy atom. The molecule has 0 fully saturated rings. The van der Waals surface area contributed by atoms with Gasteiger partial charge in [-0.15, -0.1) is 0 Å². The lowest BCUT2D eigenvalue weighted by atomic mass is 9.96. The quantitative estimate of drug-likeness (QED) is 0.714. The van der Waals surface area contributed by atoms with Crippen molar-refractivity contribution in [1.29, 1.82) is 0 Å². The van der Waals surface area contributed by atoms with Crippen LogP contribution in [0.2, 0.25) is 0 Å². The molecule has 4 heteroatoms. The molecule has 0 aliphatic carbocycles. The van der Waals surface area contributed by atoms with Gasteiger partial charge in [0.25, 0.3) is 0 Å². The van der Waals surface area contributed by atoms with Crippen LogP contribution in [0.4, 0.5) is 0 Å². The van der Waals surface area contributed by atoms with Crippen LogP contribution in [0, 0.1) is 0 Å². The minimum absolute atomic E-state index is 0.0436. The van der Waals surface area contributed by atoms with Crippen molar-refractivity contribution in [2.75, 3.05) is 6.54 Å². The van der Waals surface area contributed by atoms with E-state index in [-0.39, 0.29) is 6.04 Å². The van der Waals surface area contributed by atoms with Gasteiger partial charge in [0, 0.05) is 22.6 Å². The predicted octanol–water partition coefficient (Wildman–Crippen LogP) is 3.75. The van der Waals surface area contributed by atoms with Gasteiger partial charge in [0.15, 0.2) is 0 Å². The molecule has 3 nitrogen and oxygen atoms in total. The number of phenolic OH excluding ortho intramolecular Hbond substituents is 1. The third-order valence-electron chi connectivity index (χ3n) is 3.77. The summed E-state index contributed by atoms with van der Waals surface area (Å²) in [6, 6.07) is 5.48. The van der Waals surface area contributed by atoms with Crippen LogP contribution in [0.5, 0.6) is 5.75 Å². The molecule has 0 saturated carbocycles. The van der Waals surface area contributed by atoms with E-state index in [1.54, 1.807) is 6.07 Å². The lowest BCUT2D eigenvalue weighted by Crippen LogP contribution is -2.40. The Kier molecular flexibility index (Phi) is 6.30. The van der Waals surface area contributed by atoms with Gasteiger partial charge in [-0.1, -0.05) is 36.7 Å². The summed E-state index contributed by atoms with van der Waals surface area (Å²) < 4.78 is 0.946. The smallest absolute Gasteiger partial charge is 0.120 e. The largest absolute Gasteiger partial charge is 0.508 e. The normalized spacial score (nSPS) is 13.5. The molecule has 0 radical (unpaired) electrons. The summed E-state index contributed by atoms with van der Waals surface area (Å²) in [7, 11) is 0. The number of benzene rings is 1. The highest BCUT2D eigenvalue weighted by atomic mass is 79.9. The topological polar surface area (TPSA) is 52.5 Å². The second kappa shape index (κ2) is 7.27. The summed E-state index contributed by atoms with van der Waals surface area (Å²) in [5.74, 6) is 0.291. The number of aliphatic hydroxyl groups is 1. The first kappa shape index (κ1) is 16.5. The van der Waals surface area contributed by atoms with Gasteiger partial charge in [-0.2, -0.15) is 0 Å². The summed E-state index contributed by atoms with van der Waals surface area (Å²) in [5, 5.41) is 23.6. The van der Waals surface area contributed by atoms with E-state index in [2.05, 4.69) is 28.2 Å². The zero-order valence-electron chi connectivity index (χ0n) is 11.9. The summed E-state index contributed by atoms with van der Waals surface area (Å²) in [6.07, 6.45) is 2.29. The molecular weight excluding hydrogens is 306 g/mol. The lowest BCUT2D eigenvalue weighted by Gasteiger charge is -2.29. The Labute approximate surface area is 124 Å². The molecular formula is C15H24BrNO2. The van der Waals surface area contributed by atoms with E-state index in [1.165, 1.54) is 0 Å². The fraction of sp³-hybridized carbons (Fsp3) is 0.600. The first-order chi connectivity index (χ1) is 8.95. The van der Waals surface area contributed by atoms with Gasteiger partial charge in [0.05, 0.1) is 5.60 Å². The minimum atomic E-state index is -0.672. The third-order valence-corrected chi connectivity index (χ3v) is 4.26. The van der Waals surface area contributed by atoms with E-state index in [4.69, 9.17) is 0 Å². The highest BCUT2D eigenvalue weighted by molar-refractivity contribution is 9.10. The Balaban J connectivity index is 2.81. The molecule has 1 rings (SSSR count). The van der Waals surface area contributed by atoms with Gasteiger partial charge >= 0.3 is 0 Å². The van der Waals surface area contributed by atoms with E-state index < -0.39 is 5.60 Å². The molecule has 0 amide bonds. The van der Waals surface area contributed by atoms with Crippen molar-refractivity contribution >= 4 is 15.9 Å². The van der Waals surface area contributed by atoms with Crippen LogP contribution < -0.4 is 5.32 Å². The van der Waals surface area contributed by atoms with Crippen LogP contribution in [-0.4, -0.2) is 22.4 Å². The van der Waals surface area contributed by atoms with Crippen LogP contribution in [0.25, 0.3) is 0 Å². The number of hydrogen-bond donors (Lipinski definition) is 3. The van der Waals surface area contributed by atoms with Crippen molar-refractivity contribution in [3.05, 3.63) is 28.2 Å². The maximum Gasteiger partial charge on any atom is 0.120 e. The molecule has 0 aromatic heterocycles. The van der Waals surface area contributed by atoms with Crippen molar-refractivity contribution in [2.24, 2.45) is 0 Å². The van der Waals surface area contributed by atoms with Gasteiger partial charge in [-0.3, -0.25) is 0 Å². The van der Waals surface area contributed by atoms with Crippen molar-refractivity contribution < 1.29 is 10.2 Å². The molecule has 3 N–H and O–H groups in total. The molecule has 0 aliphatic heterocycles. The molecule has 0 aliphatic rings. The summed E-state index contributed by atoms with van der Waals surface area (Å²) in [5.41, 5.74) is 0.195. The van der Waals surface area contributed by atoms with Crippen LogP contribution in [0.1, 0.15) is 51.6 Å². The number of halogens is 1. The summed E-state index contributed by atoms with van der Waals surface area (Å²) >= 11 is 3.42. The van der Waals surface area contributed by atoms with Crippen molar-refractivity contribution in [1.82, 2.24) is 5.32 Å². The first-order valence-corrected chi connectivity index (χ1v) is 7.69. The second-order valence-corrected chi connectivity index (χ2v) is 5.89. The molecule has 0 bridgehead atoms. The standard InChI is InChI=1S/C15H24BrNO2/c1-4-13(17-10-15(19,5-2)6-3)12-9-11(16)7-8-14(12)18/h7-9,13,17-19H,4-6,10H2,1-3H3. The maximum atomic E-state index is 10.3. The molecule has 19 heavy (non-hydrogen) atoms. The summed E-state index contributed by atoms with van der Waals surface area (Å²) in [6.45, 7) is 6.57. The molecule has 1 unspecified atom stereocenters. The van der Waals surface area contributed by atoms with Gasteiger partial charge in [-0.25, -0.2) is 0 Å². The number of aromatic hydroxyl groups is 1. The summed E-state index contributed by atoms with van der Waals surface area (Å²) in [4.78, 5) is 0. The molecule has 1 aromatic rings. The van der Waals surface area contributed by atoms with Crippen LogP contribution in [-0.2, 0) is 0 Å². The van der Waals surface area contributed by atoms with Crippen molar-refractivity contribution in [2.45, 2.75) is 51.7 Å². The average molecular weight is 330 g/mol. The fourth-order valence-corrected chi connectivity index (χ4v) is 2.47. The van der Waals surface area contributed by atoms with Crippen molar-refractivity contribution in [3.8, 4) is 5.75 Å². The van der Waals surface area contributed by atoms with Crippen LogP contribution in [0.3, 0.4) is 0 Å². The van der Waals surface area contributed by atoms with E-state index in [9.17, 15) is 10.2 Å². The van der Waals surface area contributed by atoms with E-state index in [0.717, 1.165) is 29.3 Å². The molecule has 108 valence electrons. The molecule has 0 saturated heterocycles. The van der Waals surface area contributed by atoms with Crippen LogP contribution in [0.15, 0.2) is 22.7 Å². The number of hydrogen-bond acceptors (Lipinski definition) is 3. The fourth-order valence-electron chi connectivity index (χ4n) is 2.09. The van der Waals surface area contributed by atoms with E-state index in [0.29, 0.717) is 12.3 Å². The lowest BCUT2D eigenvalue weighted by molar-refractivity contribution is 0.0296. The van der Waals surface area contributed by atoms with Gasteiger partial charge in [0.1, 0.15) is 5.75 Å². The van der Waals surface area contributed by atoms with E-state index >= 15 is 0 Å². The first-order valence-electron chi connectivity index (χ1n) is 6.90. The van der Waals surface area contributed by atoms with Gasteiger partial charge in [0.2, 0.25) is 0 Å². The predicted molar refractivity (Wildman–Crippen MR) is 82.4 cm³/mol. The Morgan fingerprint density at radius 1 is 1.26 bits per heavy atom. The molecule has 1 aromatic carbocycles. The third kappa shape index (κ3) is 4.48. The Hall–Kier alpha value is -0.580. The maximum absolute atomic E-state index is 10.3. The molecule has 0 spiro atoms. The van der Waals surface area contributed by atoms with Gasteiger partial charge < -0.3 is 15.5 Å². The highest BCUT2D eigenvalue weighted by Gasteiger charge is 2.24. The van der Waals surface area contributed by atoms with E-state index in [1.807, 2.05) is 26.0 Å². The number of rotatable bonds is 7. The van der Waals surface area contributed by atoms with Crippen LogP contribution >= 0.6 is 15.9 Å². The molecule has 1 atom stereocenters. The molecule has 0 heterocycles. The highest BCUT2D eigenvalue weighted by Crippen LogP contribution is 2.29. The monoisotopic (exact) mass is 329 g/mol. The number of phenols is 1.